The summed E-state index contributed by atoms with van der Waals surface area (Å²) in [5, 5.41) is 0. The van der Waals surface area contributed by atoms with E-state index < -0.39 is 30.8 Å². The summed E-state index contributed by atoms with van der Waals surface area (Å²) in [5.41, 5.74) is 0. The van der Waals surface area contributed by atoms with Crippen LogP contribution in [0.3, 0.4) is 0 Å². The van der Waals surface area contributed by atoms with Gasteiger partial charge in [0.1, 0.15) is 0 Å². The van der Waals surface area contributed by atoms with Crippen LogP contribution in [0, 0.1) is 0 Å². The number of hydrogen-bond donors (Lipinski definition) is 0. The maximum atomic E-state index is 8.56. The molecular formula is H2BaO7V2. The summed E-state index contributed by atoms with van der Waals surface area (Å²) < 4.78 is 51.4. The van der Waals surface area contributed by atoms with Gasteiger partial charge in [0, 0.05) is 0 Å². The fraction of sp³-hybridized carbons (Fsp3) is 0. The minimum absolute atomic E-state index is 0. The van der Waals surface area contributed by atoms with Gasteiger partial charge in [-0.1, -0.05) is 0 Å². The van der Waals surface area contributed by atoms with E-state index in [1.807, 2.05) is 0 Å². The summed E-state index contributed by atoms with van der Waals surface area (Å²) in [6.07, 6.45) is 0. The van der Waals surface area contributed by atoms with Crippen molar-refractivity contribution in [2.75, 3.05) is 0 Å². The average molecular weight is 353 g/mol. The Labute approximate surface area is 106 Å². The van der Waals surface area contributed by atoms with E-state index in [1.165, 1.54) is 0 Å². The van der Waals surface area contributed by atoms with E-state index in [-0.39, 0.29) is 54.4 Å². The molecule has 0 aromatic heterocycles. The van der Waals surface area contributed by atoms with Gasteiger partial charge in [-0.25, -0.2) is 0 Å². The monoisotopic (exact) mass is 354 g/mol. The first-order valence-electron chi connectivity index (χ1n) is 1.10. The second kappa shape index (κ2) is 17.1. The molecule has 0 aromatic rings. The van der Waals surface area contributed by atoms with E-state index >= 15 is 0 Å². The first-order chi connectivity index (χ1) is 3.46. The Morgan fingerprint density at radius 2 is 0.800 bits per heavy atom. The van der Waals surface area contributed by atoms with Crippen molar-refractivity contribution in [2.24, 2.45) is 0 Å². The van der Waals surface area contributed by atoms with E-state index in [0.717, 1.165) is 0 Å². The summed E-state index contributed by atoms with van der Waals surface area (Å²) in [4.78, 5) is 0. The molecule has 0 heterocycles. The number of hydrogen-bond acceptors (Lipinski definition) is 6. The van der Waals surface area contributed by atoms with Gasteiger partial charge in [-0.05, 0) is 0 Å². The predicted octanol–water partition coefficient (Wildman–Crippen LogP) is -4.06. The van der Waals surface area contributed by atoms with Crippen molar-refractivity contribution in [3.05, 3.63) is 0 Å². The Hall–Kier alpha value is 1.82. The van der Waals surface area contributed by atoms with Crippen LogP contribution in [0.15, 0.2) is 0 Å². The van der Waals surface area contributed by atoms with Crippen LogP contribution in [-0.2, 0) is 45.5 Å². The number of rotatable bonds is 0. The SMILES string of the molecule is O.[Ba+2].[O]=[V](=[O])[O-].[O]=[V](=[O])[O-]. The van der Waals surface area contributed by atoms with Gasteiger partial charge in [-0.3, -0.25) is 0 Å². The molecule has 0 aliphatic carbocycles. The first-order valence-corrected chi connectivity index (χ1v) is 4.52. The molecule has 0 radical (unpaired) electrons. The molecule has 0 spiro atoms. The fourth-order valence-electron chi connectivity index (χ4n) is 0. The Morgan fingerprint density at radius 1 is 0.800 bits per heavy atom. The quantitative estimate of drug-likeness (QED) is 0.405. The van der Waals surface area contributed by atoms with E-state index in [9.17, 15) is 0 Å². The van der Waals surface area contributed by atoms with Gasteiger partial charge in [0.25, 0.3) is 0 Å². The van der Waals surface area contributed by atoms with Crippen LogP contribution in [0.25, 0.3) is 0 Å². The molecule has 0 amide bonds. The molecule has 56 valence electrons. The molecule has 10 heavy (non-hydrogen) atoms. The summed E-state index contributed by atoms with van der Waals surface area (Å²) in [6.45, 7) is 0. The van der Waals surface area contributed by atoms with Gasteiger partial charge in [0.2, 0.25) is 0 Å². The van der Waals surface area contributed by atoms with Crippen LogP contribution in [0.1, 0.15) is 0 Å². The summed E-state index contributed by atoms with van der Waals surface area (Å²) in [6, 6.07) is 0. The maximum absolute atomic E-state index is 8.56. The predicted molar refractivity (Wildman–Crippen MR) is 12.1 cm³/mol. The molecule has 0 saturated heterocycles. The molecule has 0 aliphatic heterocycles. The molecule has 0 fully saturated rings. The zero-order valence-corrected chi connectivity index (χ0v) is 11.8. The zero-order chi connectivity index (χ0) is 7.15. The van der Waals surface area contributed by atoms with Crippen molar-refractivity contribution in [1.29, 1.82) is 0 Å². The third-order valence-corrected chi connectivity index (χ3v) is 0. The van der Waals surface area contributed by atoms with E-state index in [2.05, 4.69) is 0 Å². The van der Waals surface area contributed by atoms with Crippen LogP contribution in [0.4, 0.5) is 0 Å². The summed E-state index contributed by atoms with van der Waals surface area (Å²) in [5.74, 6) is 0. The van der Waals surface area contributed by atoms with Gasteiger partial charge >= 0.3 is 102 Å². The second-order valence-corrected chi connectivity index (χ2v) is 1.84. The summed E-state index contributed by atoms with van der Waals surface area (Å²) in [7, 11) is 0. The van der Waals surface area contributed by atoms with Crippen molar-refractivity contribution in [2.45, 2.75) is 0 Å². The first kappa shape index (κ1) is 22.6. The fourth-order valence-corrected chi connectivity index (χ4v) is 0. The molecule has 7 nitrogen and oxygen atoms in total. The molecule has 0 saturated carbocycles. The van der Waals surface area contributed by atoms with Crippen molar-refractivity contribution < 1.29 is 59.0 Å². The Morgan fingerprint density at radius 3 is 0.800 bits per heavy atom. The van der Waals surface area contributed by atoms with Gasteiger partial charge in [0.15, 0.2) is 0 Å². The molecule has 0 aromatic carbocycles. The van der Waals surface area contributed by atoms with Gasteiger partial charge in [-0.2, -0.15) is 0 Å². The molecule has 0 atom stereocenters. The van der Waals surface area contributed by atoms with Gasteiger partial charge < -0.3 is 5.48 Å². The third-order valence-electron chi connectivity index (χ3n) is 0. The van der Waals surface area contributed by atoms with Gasteiger partial charge in [-0.15, -0.1) is 0 Å². The topological polar surface area (TPSA) is 146 Å². The molecule has 10 heteroatoms. The molecule has 0 aliphatic rings. The zero-order valence-electron chi connectivity index (χ0n) is 4.55. The van der Waals surface area contributed by atoms with E-state index in [1.54, 1.807) is 0 Å². The summed E-state index contributed by atoms with van der Waals surface area (Å²) >= 11 is -7.88. The molecule has 2 N–H and O–H groups in total. The minimum atomic E-state index is -3.94. The Balaban J connectivity index is -0.0000000300. The van der Waals surface area contributed by atoms with Crippen molar-refractivity contribution in [1.82, 2.24) is 0 Å². The Bertz CT molecular complexity index is 128. The molecule has 0 rings (SSSR count). The van der Waals surface area contributed by atoms with Crippen molar-refractivity contribution in [3.8, 4) is 0 Å². The van der Waals surface area contributed by atoms with Crippen LogP contribution in [-0.4, -0.2) is 54.4 Å². The van der Waals surface area contributed by atoms with Crippen LogP contribution < -0.4 is 8.06 Å². The molecule has 0 unspecified atom stereocenters. The molecule has 0 bridgehead atoms. The standard InChI is InChI=1S/Ba.H2O.6O.2V/h;1H2;;;;;;;;/q+2;;;;;;2*-1;;. The van der Waals surface area contributed by atoms with Crippen LogP contribution in [0.5, 0.6) is 0 Å². The van der Waals surface area contributed by atoms with Crippen LogP contribution in [0.2, 0.25) is 0 Å². The van der Waals surface area contributed by atoms with Gasteiger partial charge in [0.05, 0.1) is 0 Å². The second-order valence-electron chi connectivity index (χ2n) is 0.447. The van der Waals surface area contributed by atoms with Crippen molar-refractivity contribution >= 4 is 48.9 Å². The van der Waals surface area contributed by atoms with E-state index in [4.69, 9.17) is 22.8 Å². The van der Waals surface area contributed by atoms with Crippen molar-refractivity contribution in [3.63, 3.8) is 0 Å². The normalized spacial score (nSPS) is 5.00. The Kier molecular flexibility index (Phi) is 38.6. The average Bonchev–Trinajstić information content (AvgIpc) is 1.25. The molecular weight excluding hydrogens is 351 g/mol. The van der Waals surface area contributed by atoms with Crippen LogP contribution >= 0.6 is 0 Å². The van der Waals surface area contributed by atoms with E-state index in [0.29, 0.717) is 0 Å². The third kappa shape index (κ3) is 231.